The number of hydrogen-bond donors (Lipinski definition) is 1. The van der Waals surface area contributed by atoms with Crippen molar-refractivity contribution in [3.05, 3.63) is 57.7 Å². The molecule has 3 heterocycles. The lowest BCUT2D eigenvalue weighted by atomic mass is 9.92. The van der Waals surface area contributed by atoms with Gasteiger partial charge in [0.05, 0.1) is 23.9 Å². The van der Waals surface area contributed by atoms with Crippen LogP contribution < -0.4 is 4.90 Å². The Morgan fingerprint density at radius 1 is 1.25 bits per heavy atom. The highest BCUT2D eigenvalue weighted by Gasteiger charge is 2.35. The van der Waals surface area contributed by atoms with Gasteiger partial charge in [-0.15, -0.1) is 0 Å². The number of halogens is 2. The van der Waals surface area contributed by atoms with E-state index in [1.807, 2.05) is 36.4 Å². The van der Waals surface area contributed by atoms with Crippen LogP contribution in [0.3, 0.4) is 0 Å². The Morgan fingerprint density at radius 2 is 2.04 bits per heavy atom. The van der Waals surface area contributed by atoms with Gasteiger partial charge in [0.1, 0.15) is 5.92 Å². The molecule has 142 valence electrons. The number of nitrogens with zero attached hydrogens (tertiary/aromatic N) is 2. The molecular formula is C20H15Cl2N3O2S. The van der Waals surface area contributed by atoms with Crippen LogP contribution in [-0.2, 0) is 16.1 Å². The SMILES string of the molecule is COC(=O)C1CN(c2nc3ccc(Cl)cc3s2)Cc2[nH]c3ccc(Cl)cc3c21. The highest BCUT2D eigenvalue weighted by atomic mass is 35.5. The van der Waals surface area contributed by atoms with Gasteiger partial charge in [0, 0.05) is 33.2 Å². The largest absolute Gasteiger partial charge is 0.468 e. The van der Waals surface area contributed by atoms with E-state index in [1.165, 1.54) is 7.11 Å². The lowest BCUT2D eigenvalue weighted by molar-refractivity contribution is -0.142. The van der Waals surface area contributed by atoms with Crippen molar-refractivity contribution in [2.45, 2.75) is 12.5 Å². The molecule has 0 aliphatic carbocycles. The van der Waals surface area contributed by atoms with Crippen molar-refractivity contribution in [3.63, 3.8) is 0 Å². The van der Waals surface area contributed by atoms with E-state index < -0.39 is 5.92 Å². The van der Waals surface area contributed by atoms with Gasteiger partial charge in [0.15, 0.2) is 5.13 Å². The lowest BCUT2D eigenvalue weighted by Crippen LogP contribution is -2.37. The van der Waals surface area contributed by atoms with Gasteiger partial charge >= 0.3 is 5.97 Å². The molecule has 2 aromatic heterocycles. The van der Waals surface area contributed by atoms with Crippen LogP contribution in [0.4, 0.5) is 5.13 Å². The van der Waals surface area contributed by atoms with Gasteiger partial charge < -0.3 is 14.6 Å². The Labute approximate surface area is 174 Å². The van der Waals surface area contributed by atoms with Crippen molar-refractivity contribution in [3.8, 4) is 0 Å². The summed E-state index contributed by atoms with van der Waals surface area (Å²) >= 11 is 13.9. The van der Waals surface area contributed by atoms with Gasteiger partial charge in [-0.1, -0.05) is 34.5 Å². The molecule has 0 fully saturated rings. The molecule has 8 heteroatoms. The monoisotopic (exact) mass is 431 g/mol. The molecule has 5 rings (SSSR count). The highest BCUT2D eigenvalue weighted by Crippen LogP contribution is 2.40. The molecule has 0 spiro atoms. The molecule has 0 amide bonds. The van der Waals surface area contributed by atoms with Crippen LogP contribution in [0.15, 0.2) is 36.4 Å². The minimum atomic E-state index is -0.420. The summed E-state index contributed by atoms with van der Waals surface area (Å²) in [4.78, 5) is 22.9. The standard InChI is InChI=1S/C20H15Cl2N3O2S/c1-27-19(26)13-8-25(20-24-15-5-3-11(22)7-17(15)28-20)9-16-18(13)12-6-10(21)2-4-14(12)23-16/h2-7,13,23H,8-9H2,1H3. The number of hydrogen-bond acceptors (Lipinski definition) is 5. The quantitative estimate of drug-likeness (QED) is 0.433. The van der Waals surface area contributed by atoms with Gasteiger partial charge in [-0.2, -0.15) is 0 Å². The third-order valence-corrected chi connectivity index (χ3v) is 6.63. The molecule has 1 aliphatic heterocycles. The fourth-order valence-corrected chi connectivity index (χ4v) is 5.25. The first-order valence-electron chi connectivity index (χ1n) is 8.72. The number of carbonyl (C=O) groups is 1. The molecule has 0 radical (unpaired) electrons. The topological polar surface area (TPSA) is 58.2 Å². The van der Waals surface area contributed by atoms with E-state index in [0.29, 0.717) is 23.1 Å². The number of aromatic nitrogens is 2. The van der Waals surface area contributed by atoms with Gasteiger partial charge in [0.2, 0.25) is 0 Å². The van der Waals surface area contributed by atoms with Crippen LogP contribution in [0.25, 0.3) is 21.1 Å². The van der Waals surface area contributed by atoms with E-state index in [-0.39, 0.29) is 5.97 Å². The smallest absolute Gasteiger partial charge is 0.315 e. The number of nitrogens with one attached hydrogen (secondary N) is 1. The van der Waals surface area contributed by atoms with Crippen molar-refractivity contribution in [2.24, 2.45) is 0 Å². The highest BCUT2D eigenvalue weighted by molar-refractivity contribution is 7.22. The van der Waals surface area contributed by atoms with Crippen molar-refractivity contribution in [1.82, 2.24) is 9.97 Å². The molecule has 1 N–H and O–H groups in total. The Kier molecular flexibility index (Phi) is 4.23. The third kappa shape index (κ3) is 2.83. The second-order valence-corrected chi connectivity index (χ2v) is 8.65. The summed E-state index contributed by atoms with van der Waals surface area (Å²) < 4.78 is 6.13. The van der Waals surface area contributed by atoms with E-state index in [9.17, 15) is 4.79 Å². The number of fused-ring (bicyclic) bond motifs is 4. The van der Waals surface area contributed by atoms with Gasteiger partial charge in [-0.25, -0.2) is 4.98 Å². The summed E-state index contributed by atoms with van der Waals surface area (Å²) in [6.07, 6.45) is 0. The van der Waals surface area contributed by atoms with E-state index in [2.05, 4.69) is 9.88 Å². The molecule has 2 aromatic carbocycles. The molecule has 1 atom stereocenters. The number of carbonyl (C=O) groups excluding carboxylic acids is 1. The normalized spacial score (nSPS) is 16.5. The Morgan fingerprint density at radius 3 is 2.86 bits per heavy atom. The third-order valence-electron chi connectivity index (χ3n) is 5.08. The number of anilines is 1. The van der Waals surface area contributed by atoms with Crippen molar-refractivity contribution in [2.75, 3.05) is 18.6 Å². The molecule has 0 saturated carbocycles. The molecule has 4 aromatic rings. The Bertz CT molecular complexity index is 1230. The van der Waals surface area contributed by atoms with Gasteiger partial charge in [-0.3, -0.25) is 4.79 Å². The number of methoxy groups -OCH3 is 1. The minimum Gasteiger partial charge on any atom is -0.468 e. The van der Waals surface area contributed by atoms with Crippen LogP contribution >= 0.6 is 34.5 Å². The summed E-state index contributed by atoms with van der Waals surface area (Å²) in [6.45, 7) is 1.12. The summed E-state index contributed by atoms with van der Waals surface area (Å²) in [6, 6.07) is 11.3. The van der Waals surface area contributed by atoms with Gasteiger partial charge in [0.25, 0.3) is 0 Å². The maximum atomic E-state index is 12.6. The summed E-state index contributed by atoms with van der Waals surface area (Å²) in [5, 5.41) is 3.15. The predicted molar refractivity (Wildman–Crippen MR) is 114 cm³/mol. The number of rotatable bonds is 2. The average Bonchev–Trinajstić information content (AvgIpc) is 3.27. The fraction of sp³-hybridized carbons (Fsp3) is 0.200. The Balaban J connectivity index is 1.63. The lowest BCUT2D eigenvalue weighted by Gasteiger charge is -2.31. The molecule has 1 aliphatic rings. The minimum absolute atomic E-state index is 0.268. The zero-order valence-electron chi connectivity index (χ0n) is 14.8. The van der Waals surface area contributed by atoms with Crippen LogP contribution in [0.5, 0.6) is 0 Å². The molecule has 0 saturated heterocycles. The van der Waals surface area contributed by atoms with E-state index in [1.54, 1.807) is 11.3 Å². The van der Waals surface area contributed by atoms with Crippen molar-refractivity contribution < 1.29 is 9.53 Å². The van der Waals surface area contributed by atoms with E-state index in [0.717, 1.165) is 37.5 Å². The number of aromatic amines is 1. The van der Waals surface area contributed by atoms with E-state index in [4.69, 9.17) is 32.9 Å². The zero-order chi connectivity index (χ0) is 19.4. The number of thiazole rings is 1. The molecule has 28 heavy (non-hydrogen) atoms. The average molecular weight is 432 g/mol. The van der Waals surface area contributed by atoms with Crippen LogP contribution in [0.1, 0.15) is 17.2 Å². The molecule has 1 unspecified atom stereocenters. The summed E-state index contributed by atoms with van der Waals surface area (Å²) in [5.74, 6) is -0.687. The first-order valence-corrected chi connectivity index (χ1v) is 10.3. The Hall–Kier alpha value is -2.28. The number of esters is 1. The first kappa shape index (κ1) is 17.8. The summed E-state index contributed by atoms with van der Waals surface area (Å²) in [5.41, 5.74) is 3.80. The number of benzene rings is 2. The molecular weight excluding hydrogens is 417 g/mol. The number of H-pyrrole nitrogens is 1. The molecule has 5 nitrogen and oxygen atoms in total. The second-order valence-electron chi connectivity index (χ2n) is 6.77. The van der Waals surface area contributed by atoms with Gasteiger partial charge in [-0.05, 0) is 42.0 Å². The van der Waals surface area contributed by atoms with Crippen LogP contribution in [0.2, 0.25) is 10.0 Å². The second kappa shape index (κ2) is 6.65. The maximum absolute atomic E-state index is 12.6. The summed E-state index contributed by atoms with van der Waals surface area (Å²) in [7, 11) is 1.42. The van der Waals surface area contributed by atoms with E-state index >= 15 is 0 Å². The van der Waals surface area contributed by atoms with Crippen molar-refractivity contribution in [1.29, 1.82) is 0 Å². The van der Waals surface area contributed by atoms with Crippen molar-refractivity contribution >= 4 is 66.8 Å². The fourth-order valence-electron chi connectivity index (χ4n) is 3.83. The predicted octanol–water partition coefficient (Wildman–Crippen LogP) is 5.36. The molecule has 0 bridgehead atoms. The van der Waals surface area contributed by atoms with Crippen LogP contribution in [-0.4, -0.2) is 29.6 Å². The maximum Gasteiger partial charge on any atom is 0.315 e. The first-order chi connectivity index (χ1) is 13.5. The zero-order valence-corrected chi connectivity index (χ0v) is 17.2. The number of ether oxygens (including phenoxy) is 1. The van der Waals surface area contributed by atoms with Crippen LogP contribution in [0, 0.1) is 0 Å².